The predicted octanol–water partition coefficient (Wildman–Crippen LogP) is 4.28. The molecule has 180 valence electrons. The lowest BCUT2D eigenvalue weighted by Crippen LogP contribution is -2.35. The van der Waals surface area contributed by atoms with Crippen LogP contribution in [0.4, 0.5) is 18.9 Å². The Labute approximate surface area is 189 Å². The molecule has 1 atom stereocenters. The van der Waals surface area contributed by atoms with Crippen LogP contribution in [0.1, 0.15) is 42.0 Å². The largest absolute Gasteiger partial charge is 0.508 e. The summed E-state index contributed by atoms with van der Waals surface area (Å²) in [7, 11) is -4.19. The number of alkyl halides is 3. The van der Waals surface area contributed by atoms with Crippen molar-refractivity contribution in [2.24, 2.45) is 0 Å². The number of ether oxygens (including phenoxy) is 1. The maximum absolute atomic E-state index is 13.2. The second-order valence-electron chi connectivity index (χ2n) is 7.89. The molecule has 33 heavy (non-hydrogen) atoms. The molecule has 2 rings (SSSR count). The molecule has 2 aromatic rings. The number of phenolic OH excluding ortho intramolecular Hbond substituents is 1. The van der Waals surface area contributed by atoms with E-state index < -0.39 is 51.3 Å². The minimum Gasteiger partial charge on any atom is -0.508 e. The first-order valence-corrected chi connectivity index (χ1v) is 11.3. The summed E-state index contributed by atoms with van der Waals surface area (Å²) in [5.41, 5.74) is 0.752. The van der Waals surface area contributed by atoms with Gasteiger partial charge in [0.1, 0.15) is 5.75 Å². The number of hydrogen-bond acceptors (Lipinski definition) is 6. The number of Topliss-reactive ketones (excluding diaryl/α,β-unsaturated/α-hetero) is 1. The van der Waals surface area contributed by atoms with Gasteiger partial charge in [-0.05, 0) is 63.9 Å². The topological polar surface area (TPSA) is 110 Å². The van der Waals surface area contributed by atoms with E-state index in [0.717, 1.165) is 23.8 Å². The normalized spacial score (nSPS) is 13.0. The first kappa shape index (κ1) is 26.2. The SMILES string of the molecule is Cc1cc(C)c(S(=O)(=O)Nc2ccc(O)c([C@H](C(=O)OC(C)C)C(=O)C(F)(F)F)c2)c(C)c1. The van der Waals surface area contributed by atoms with Gasteiger partial charge in [0.25, 0.3) is 15.8 Å². The van der Waals surface area contributed by atoms with Gasteiger partial charge in [-0.15, -0.1) is 0 Å². The van der Waals surface area contributed by atoms with Gasteiger partial charge in [-0.2, -0.15) is 13.2 Å². The Balaban J connectivity index is 2.57. The molecular formula is C22H24F3NO6S. The Bertz CT molecular complexity index is 1170. The summed E-state index contributed by atoms with van der Waals surface area (Å²) in [5, 5.41) is 10.1. The van der Waals surface area contributed by atoms with E-state index in [4.69, 9.17) is 4.74 Å². The molecule has 11 heteroatoms. The number of hydrogen-bond donors (Lipinski definition) is 2. The predicted molar refractivity (Wildman–Crippen MR) is 115 cm³/mol. The third-order valence-electron chi connectivity index (χ3n) is 4.59. The average Bonchev–Trinajstić information content (AvgIpc) is 2.61. The van der Waals surface area contributed by atoms with E-state index >= 15 is 0 Å². The summed E-state index contributed by atoms with van der Waals surface area (Å²) in [6, 6.07) is 6.11. The number of carbonyl (C=O) groups is 2. The molecule has 0 aromatic heterocycles. The van der Waals surface area contributed by atoms with Crippen LogP contribution in [0.15, 0.2) is 35.2 Å². The third kappa shape index (κ3) is 6.04. The number of ketones is 1. The molecule has 0 saturated carbocycles. The molecule has 0 amide bonds. The van der Waals surface area contributed by atoms with E-state index in [0.29, 0.717) is 11.1 Å². The third-order valence-corrected chi connectivity index (χ3v) is 6.28. The fourth-order valence-corrected chi connectivity index (χ4v) is 4.99. The van der Waals surface area contributed by atoms with Crippen molar-refractivity contribution in [1.82, 2.24) is 0 Å². The first-order valence-electron chi connectivity index (χ1n) is 9.79. The minimum absolute atomic E-state index is 0.0233. The molecular weight excluding hydrogens is 463 g/mol. The summed E-state index contributed by atoms with van der Waals surface area (Å²) in [5.74, 6) is -7.30. The standard InChI is InChI=1S/C22H24F3NO6S/c1-11(2)32-21(29)18(20(28)22(23,24)25)16-10-15(6-7-17(16)27)26-33(30,31)19-13(4)8-12(3)9-14(19)5/h6-11,18,26-27H,1-5H3/t18-/m0/s1. The van der Waals surface area contributed by atoms with Crippen molar-refractivity contribution in [3.63, 3.8) is 0 Å². The fourth-order valence-electron chi connectivity index (χ4n) is 3.49. The lowest BCUT2D eigenvalue weighted by atomic mass is 9.93. The second kappa shape index (κ2) is 9.42. The van der Waals surface area contributed by atoms with Crippen LogP contribution in [0, 0.1) is 20.8 Å². The maximum atomic E-state index is 13.2. The van der Waals surface area contributed by atoms with Crippen molar-refractivity contribution in [1.29, 1.82) is 0 Å². The van der Waals surface area contributed by atoms with E-state index in [1.54, 1.807) is 32.9 Å². The van der Waals surface area contributed by atoms with Gasteiger partial charge in [0, 0.05) is 11.3 Å². The van der Waals surface area contributed by atoms with Gasteiger partial charge < -0.3 is 9.84 Å². The maximum Gasteiger partial charge on any atom is 0.451 e. The Morgan fingerprint density at radius 3 is 2.06 bits per heavy atom. The number of rotatable bonds is 7. The number of aromatic hydroxyl groups is 1. The van der Waals surface area contributed by atoms with E-state index in [-0.39, 0.29) is 10.6 Å². The highest BCUT2D eigenvalue weighted by Crippen LogP contribution is 2.36. The number of sulfonamides is 1. The van der Waals surface area contributed by atoms with Gasteiger partial charge in [0.05, 0.1) is 11.0 Å². The number of carbonyl (C=O) groups excluding carboxylic acids is 2. The molecule has 0 saturated heterocycles. The number of phenols is 1. The summed E-state index contributed by atoms with van der Waals surface area (Å²) in [4.78, 5) is 24.3. The van der Waals surface area contributed by atoms with Gasteiger partial charge in [0.15, 0.2) is 5.92 Å². The van der Waals surface area contributed by atoms with Gasteiger partial charge in [-0.25, -0.2) is 8.42 Å². The molecule has 0 aliphatic carbocycles. The lowest BCUT2D eigenvalue weighted by molar-refractivity contribution is -0.178. The molecule has 2 aromatic carbocycles. The zero-order valence-electron chi connectivity index (χ0n) is 18.6. The van der Waals surface area contributed by atoms with Crippen LogP contribution in [-0.2, 0) is 24.3 Å². The van der Waals surface area contributed by atoms with Crippen LogP contribution in [0.3, 0.4) is 0 Å². The van der Waals surface area contributed by atoms with Crippen LogP contribution in [0.5, 0.6) is 5.75 Å². The van der Waals surface area contributed by atoms with Crippen LogP contribution in [-0.4, -0.2) is 37.6 Å². The highest BCUT2D eigenvalue weighted by Gasteiger charge is 2.48. The number of aryl methyl sites for hydroxylation is 3. The number of benzene rings is 2. The van der Waals surface area contributed by atoms with Crippen molar-refractivity contribution >= 4 is 27.5 Å². The summed E-state index contributed by atoms with van der Waals surface area (Å²) in [6.07, 6.45) is -6.24. The molecule has 0 unspecified atom stereocenters. The summed E-state index contributed by atoms with van der Waals surface area (Å²) in [6.45, 7) is 7.74. The van der Waals surface area contributed by atoms with Crippen molar-refractivity contribution < 1.29 is 41.0 Å². The molecule has 0 radical (unpaired) electrons. The zero-order chi connectivity index (χ0) is 25.3. The van der Waals surface area contributed by atoms with Crippen LogP contribution in [0.2, 0.25) is 0 Å². The quantitative estimate of drug-likeness (QED) is 0.343. The highest BCUT2D eigenvalue weighted by atomic mass is 32.2. The number of esters is 1. The number of nitrogens with one attached hydrogen (secondary N) is 1. The molecule has 7 nitrogen and oxygen atoms in total. The Kier molecular flexibility index (Phi) is 7.47. The average molecular weight is 487 g/mol. The number of halogens is 3. The molecule has 2 N–H and O–H groups in total. The van der Waals surface area contributed by atoms with Crippen molar-refractivity contribution in [3.05, 3.63) is 52.6 Å². The van der Waals surface area contributed by atoms with Crippen LogP contribution in [0.25, 0.3) is 0 Å². The monoisotopic (exact) mass is 487 g/mol. The Morgan fingerprint density at radius 2 is 1.58 bits per heavy atom. The molecule has 0 heterocycles. The molecule has 0 spiro atoms. The Morgan fingerprint density at radius 1 is 1.03 bits per heavy atom. The van der Waals surface area contributed by atoms with E-state index in [2.05, 4.69) is 4.72 Å². The zero-order valence-corrected chi connectivity index (χ0v) is 19.4. The van der Waals surface area contributed by atoms with E-state index in [1.165, 1.54) is 13.8 Å². The first-order chi connectivity index (χ1) is 15.0. The van der Waals surface area contributed by atoms with Crippen LogP contribution < -0.4 is 4.72 Å². The van der Waals surface area contributed by atoms with Crippen molar-refractivity contribution in [2.45, 2.75) is 57.7 Å². The van der Waals surface area contributed by atoms with Gasteiger partial charge in [-0.3, -0.25) is 14.3 Å². The number of anilines is 1. The molecule has 0 bridgehead atoms. The van der Waals surface area contributed by atoms with Crippen molar-refractivity contribution in [3.8, 4) is 5.75 Å². The lowest BCUT2D eigenvalue weighted by Gasteiger charge is -2.20. The second-order valence-corrected chi connectivity index (χ2v) is 9.51. The van der Waals surface area contributed by atoms with Gasteiger partial charge in [0.2, 0.25) is 0 Å². The fraction of sp³-hybridized carbons (Fsp3) is 0.364. The molecule has 0 aliphatic heterocycles. The molecule has 0 fully saturated rings. The van der Waals surface area contributed by atoms with Crippen molar-refractivity contribution in [2.75, 3.05) is 4.72 Å². The summed E-state index contributed by atoms with van der Waals surface area (Å²) < 4.78 is 72.5. The molecule has 0 aliphatic rings. The Hall–Kier alpha value is -3.08. The van der Waals surface area contributed by atoms with Gasteiger partial charge >= 0.3 is 12.1 Å². The highest BCUT2D eigenvalue weighted by molar-refractivity contribution is 7.92. The minimum atomic E-state index is -5.40. The van der Waals surface area contributed by atoms with E-state index in [1.807, 2.05) is 0 Å². The van der Waals surface area contributed by atoms with E-state index in [9.17, 15) is 36.3 Å². The summed E-state index contributed by atoms with van der Waals surface area (Å²) >= 11 is 0. The van der Waals surface area contributed by atoms with Crippen LogP contribution >= 0.6 is 0 Å². The smallest absolute Gasteiger partial charge is 0.451 e. The van der Waals surface area contributed by atoms with Gasteiger partial charge in [-0.1, -0.05) is 17.7 Å².